The molecule has 0 saturated heterocycles. The summed E-state index contributed by atoms with van der Waals surface area (Å²) in [6, 6.07) is 1.79. The maximum Gasteiger partial charge on any atom is 0.239 e. The fourth-order valence-electron chi connectivity index (χ4n) is 1.27. The number of hydrogen-bond acceptors (Lipinski definition) is 5. The summed E-state index contributed by atoms with van der Waals surface area (Å²) in [4.78, 5) is 17.2. The lowest BCUT2D eigenvalue weighted by Gasteiger charge is -2.19. The molecule has 16 heavy (non-hydrogen) atoms. The number of aromatic nitrogens is 1. The Labute approximate surface area is 94.4 Å². The van der Waals surface area contributed by atoms with Gasteiger partial charge in [0.15, 0.2) is 0 Å². The molecule has 0 spiro atoms. The summed E-state index contributed by atoms with van der Waals surface area (Å²) < 4.78 is 5.09. The quantitative estimate of drug-likeness (QED) is 0.755. The molecular formula is C10H16N4O2. The van der Waals surface area contributed by atoms with Crippen molar-refractivity contribution in [2.45, 2.75) is 0 Å². The molecule has 1 aromatic rings. The first-order valence-electron chi connectivity index (χ1n) is 4.80. The third kappa shape index (κ3) is 2.60. The molecule has 1 amide bonds. The lowest BCUT2D eigenvalue weighted by atomic mass is 10.3. The lowest BCUT2D eigenvalue weighted by Crippen LogP contribution is -2.24. The number of nitrogens with one attached hydrogen (secondary N) is 1. The number of hydrogen-bond donors (Lipinski definition) is 2. The zero-order valence-electron chi connectivity index (χ0n) is 9.65. The van der Waals surface area contributed by atoms with Crippen molar-refractivity contribution < 1.29 is 9.53 Å². The van der Waals surface area contributed by atoms with Crippen LogP contribution in [-0.2, 0) is 4.79 Å². The average Bonchev–Trinajstić information content (AvgIpc) is 2.28. The number of carbonyl (C=O) groups excluding carboxylic acids is 1. The van der Waals surface area contributed by atoms with Crippen LogP contribution < -0.4 is 20.7 Å². The van der Waals surface area contributed by atoms with Crippen molar-refractivity contribution >= 4 is 17.3 Å². The Morgan fingerprint density at radius 2 is 2.31 bits per heavy atom. The summed E-state index contributed by atoms with van der Waals surface area (Å²) in [5.41, 5.74) is 6.60. The Morgan fingerprint density at radius 3 is 2.81 bits per heavy atom. The maximum absolute atomic E-state index is 11.3. The molecule has 3 N–H and O–H groups in total. The predicted octanol–water partition coefficient (Wildman–Crippen LogP) is 0.0534. The van der Waals surface area contributed by atoms with Gasteiger partial charge in [-0.25, -0.2) is 4.98 Å². The minimum Gasteiger partial charge on any atom is -0.479 e. The molecule has 0 aliphatic heterocycles. The molecule has 0 unspecified atom stereocenters. The molecule has 0 bridgehead atoms. The molecule has 6 heteroatoms. The van der Waals surface area contributed by atoms with Crippen LogP contribution >= 0.6 is 0 Å². The van der Waals surface area contributed by atoms with E-state index >= 15 is 0 Å². The van der Waals surface area contributed by atoms with Crippen LogP contribution in [0.3, 0.4) is 0 Å². The van der Waals surface area contributed by atoms with Crippen molar-refractivity contribution in [2.75, 3.05) is 38.0 Å². The standard InChI is InChI=1S/C10H16N4O2/c1-14(2)7-4-5-12-10(16-3)9(7)13-8(15)6-11/h4-5H,6,11H2,1-3H3,(H,13,15). The van der Waals surface area contributed by atoms with Crippen molar-refractivity contribution in [1.29, 1.82) is 0 Å². The Balaban J connectivity index is 3.14. The van der Waals surface area contributed by atoms with Crippen LogP contribution in [-0.4, -0.2) is 38.6 Å². The van der Waals surface area contributed by atoms with E-state index in [0.717, 1.165) is 5.69 Å². The Morgan fingerprint density at radius 1 is 1.62 bits per heavy atom. The van der Waals surface area contributed by atoms with Crippen LogP contribution in [0.1, 0.15) is 0 Å². The fourth-order valence-corrected chi connectivity index (χ4v) is 1.27. The number of ether oxygens (including phenoxy) is 1. The van der Waals surface area contributed by atoms with Crippen LogP contribution in [0.5, 0.6) is 5.88 Å². The van der Waals surface area contributed by atoms with Gasteiger partial charge >= 0.3 is 0 Å². The predicted molar refractivity (Wildman–Crippen MR) is 62.8 cm³/mol. The molecule has 0 saturated carbocycles. The normalized spacial score (nSPS) is 9.75. The second kappa shape index (κ2) is 5.32. The Kier molecular flexibility index (Phi) is 4.07. The van der Waals surface area contributed by atoms with Gasteiger partial charge in [0.2, 0.25) is 11.8 Å². The zero-order valence-corrected chi connectivity index (χ0v) is 9.65. The summed E-state index contributed by atoms with van der Waals surface area (Å²) in [6.07, 6.45) is 1.62. The second-order valence-corrected chi connectivity index (χ2v) is 3.36. The third-order valence-electron chi connectivity index (χ3n) is 2.02. The van der Waals surface area contributed by atoms with Crippen LogP contribution in [0.2, 0.25) is 0 Å². The minimum atomic E-state index is -0.283. The highest BCUT2D eigenvalue weighted by molar-refractivity contribution is 5.97. The van der Waals surface area contributed by atoms with Gasteiger partial charge in [-0.1, -0.05) is 0 Å². The molecule has 1 rings (SSSR count). The molecule has 0 aliphatic carbocycles. The highest BCUT2D eigenvalue weighted by Gasteiger charge is 2.13. The van der Waals surface area contributed by atoms with Gasteiger partial charge in [0.1, 0.15) is 5.69 Å². The number of pyridine rings is 1. The van der Waals surface area contributed by atoms with E-state index in [0.29, 0.717) is 11.6 Å². The van der Waals surface area contributed by atoms with Gasteiger partial charge in [-0.15, -0.1) is 0 Å². The van der Waals surface area contributed by atoms with Crippen molar-refractivity contribution in [3.8, 4) is 5.88 Å². The zero-order chi connectivity index (χ0) is 12.1. The average molecular weight is 224 g/mol. The molecular weight excluding hydrogens is 208 g/mol. The Bertz CT molecular complexity index is 379. The summed E-state index contributed by atoms with van der Waals surface area (Å²) in [5, 5.41) is 2.67. The third-order valence-corrected chi connectivity index (χ3v) is 2.02. The van der Waals surface area contributed by atoms with Crippen LogP contribution in [0.25, 0.3) is 0 Å². The molecule has 1 heterocycles. The molecule has 6 nitrogen and oxygen atoms in total. The van der Waals surface area contributed by atoms with Crippen molar-refractivity contribution in [2.24, 2.45) is 5.73 Å². The van der Waals surface area contributed by atoms with Gasteiger partial charge in [-0.2, -0.15) is 0 Å². The highest BCUT2D eigenvalue weighted by atomic mass is 16.5. The summed E-state index contributed by atoms with van der Waals surface area (Å²) in [6.45, 7) is -0.0785. The van der Waals surface area contributed by atoms with Crippen molar-refractivity contribution in [1.82, 2.24) is 4.98 Å². The molecule has 1 aromatic heterocycles. The first-order valence-corrected chi connectivity index (χ1v) is 4.80. The number of nitrogens with zero attached hydrogens (tertiary/aromatic N) is 2. The van der Waals surface area contributed by atoms with E-state index < -0.39 is 0 Å². The molecule has 0 fully saturated rings. The van der Waals surface area contributed by atoms with Gasteiger partial charge in [-0.05, 0) is 6.07 Å². The first-order chi connectivity index (χ1) is 7.60. The summed E-state index contributed by atoms with van der Waals surface area (Å²) in [5.74, 6) is 0.0856. The number of anilines is 2. The summed E-state index contributed by atoms with van der Waals surface area (Å²) >= 11 is 0. The van der Waals surface area contributed by atoms with Crippen LogP contribution in [0.4, 0.5) is 11.4 Å². The molecule has 0 atom stereocenters. The smallest absolute Gasteiger partial charge is 0.239 e. The minimum absolute atomic E-state index is 0.0785. The largest absolute Gasteiger partial charge is 0.479 e. The van der Waals surface area contributed by atoms with E-state index in [-0.39, 0.29) is 12.5 Å². The van der Waals surface area contributed by atoms with E-state index in [1.165, 1.54) is 7.11 Å². The van der Waals surface area contributed by atoms with Gasteiger partial charge in [0, 0.05) is 20.3 Å². The van der Waals surface area contributed by atoms with E-state index in [1.54, 1.807) is 12.3 Å². The number of rotatable bonds is 4. The first kappa shape index (κ1) is 12.3. The number of methoxy groups -OCH3 is 1. The van der Waals surface area contributed by atoms with Gasteiger partial charge in [-0.3, -0.25) is 4.79 Å². The number of amides is 1. The summed E-state index contributed by atoms with van der Waals surface area (Å²) in [7, 11) is 5.24. The van der Waals surface area contributed by atoms with Crippen LogP contribution in [0.15, 0.2) is 12.3 Å². The highest BCUT2D eigenvalue weighted by Crippen LogP contribution is 2.31. The number of carbonyl (C=O) groups is 1. The topological polar surface area (TPSA) is 80.5 Å². The van der Waals surface area contributed by atoms with Gasteiger partial charge in [0.05, 0.1) is 19.3 Å². The van der Waals surface area contributed by atoms with E-state index in [2.05, 4.69) is 10.3 Å². The van der Waals surface area contributed by atoms with E-state index in [4.69, 9.17) is 10.5 Å². The number of nitrogens with two attached hydrogens (primary N) is 1. The van der Waals surface area contributed by atoms with Crippen LogP contribution in [0, 0.1) is 0 Å². The maximum atomic E-state index is 11.3. The molecule has 0 aliphatic rings. The fraction of sp³-hybridized carbons (Fsp3) is 0.400. The molecule has 0 aromatic carbocycles. The lowest BCUT2D eigenvalue weighted by molar-refractivity contribution is -0.114. The Hall–Kier alpha value is -1.82. The van der Waals surface area contributed by atoms with E-state index in [1.807, 2.05) is 19.0 Å². The van der Waals surface area contributed by atoms with Gasteiger partial charge in [0.25, 0.3) is 0 Å². The van der Waals surface area contributed by atoms with Crippen molar-refractivity contribution in [3.63, 3.8) is 0 Å². The van der Waals surface area contributed by atoms with Crippen molar-refractivity contribution in [3.05, 3.63) is 12.3 Å². The second-order valence-electron chi connectivity index (χ2n) is 3.36. The SMILES string of the molecule is COc1nccc(N(C)C)c1NC(=O)CN. The molecule has 88 valence electrons. The molecule has 0 radical (unpaired) electrons. The van der Waals surface area contributed by atoms with E-state index in [9.17, 15) is 4.79 Å². The monoisotopic (exact) mass is 224 g/mol. The van der Waals surface area contributed by atoms with Gasteiger partial charge < -0.3 is 20.7 Å².